The van der Waals surface area contributed by atoms with Crippen molar-refractivity contribution in [3.63, 3.8) is 0 Å². The van der Waals surface area contributed by atoms with Crippen LogP contribution in [0.3, 0.4) is 0 Å². The van der Waals surface area contributed by atoms with Crippen LogP contribution in [0.25, 0.3) is 0 Å². The number of hydrogen-bond donors (Lipinski definition) is 0. The molecule has 6 nitrogen and oxygen atoms in total. The van der Waals surface area contributed by atoms with Gasteiger partial charge in [0.2, 0.25) is 5.91 Å². The summed E-state index contributed by atoms with van der Waals surface area (Å²) in [6.07, 6.45) is 1.35. The van der Waals surface area contributed by atoms with Crippen LogP contribution >= 0.6 is 11.8 Å². The molecule has 2 heterocycles. The second-order valence-corrected chi connectivity index (χ2v) is 6.82. The summed E-state index contributed by atoms with van der Waals surface area (Å²) in [4.78, 5) is 26.7. The zero-order valence-electron chi connectivity index (χ0n) is 13.7. The molecule has 1 aromatic carbocycles. The van der Waals surface area contributed by atoms with Crippen molar-refractivity contribution in [3.05, 3.63) is 18.2 Å². The van der Waals surface area contributed by atoms with Gasteiger partial charge in [0.1, 0.15) is 13.2 Å². The lowest BCUT2D eigenvalue weighted by molar-refractivity contribution is -0.148. The summed E-state index contributed by atoms with van der Waals surface area (Å²) in [6, 6.07) is 5.73. The van der Waals surface area contributed by atoms with E-state index in [9.17, 15) is 9.59 Å². The molecule has 0 atom stereocenters. The van der Waals surface area contributed by atoms with E-state index in [2.05, 4.69) is 0 Å². The fourth-order valence-corrected chi connectivity index (χ4v) is 3.71. The van der Waals surface area contributed by atoms with Crippen molar-refractivity contribution in [1.29, 1.82) is 0 Å². The number of hydrogen-bond acceptors (Lipinski definition) is 6. The zero-order valence-corrected chi connectivity index (χ0v) is 14.5. The van der Waals surface area contributed by atoms with Crippen LogP contribution in [0.4, 0.5) is 0 Å². The molecule has 24 heavy (non-hydrogen) atoms. The minimum Gasteiger partial charge on any atom is -0.486 e. The van der Waals surface area contributed by atoms with Gasteiger partial charge in [-0.25, -0.2) is 0 Å². The number of likely N-dealkylation sites (tertiary alicyclic amines) is 1. The van der Waals surface area contributed by atoms with E-state index < -0.39 is 0 Å². The number of carbonyl (C=O) groups is 2. The quantitative estimate of drug-likeness (QED) is 0.610. The predicted octanol–water partition coefficient (Wildman–Crippen LogP) is 1.96. The minimum absolute atomic E-state index is 0.0792. The highest BCUT2D eigenvalue weighted by Gasteiger charge is 2.27. The van der Waals surface area contributed by atoms with E-state index in [0.29, 0.717) is 44.9 Å². The number of ether oxygens (including phenoxy) is 3. The van der Waals surface area contributed by atoms with E-state index in [1.165, 1.54) is 18.9 Å². The highest BCUT2D eigenvalue weighted by molar-refractivity contribution is 8.00. The van der Waals surface area contributed by atoms with Gasteiger partial charge < -0.3 is 19.1 Å². The van der Waals surface area contributed by atoms with E-state index in [-0.39, 0.29) is 17.8 Å². The average Bonchev–Trinajstić information content (AvgIpc) is 2.65. The second kappa shape index (κ2) is 7.79. The molecular formula is C17H21NO5S. The highest BCUT2D eigenvalue weighted by Crippen LogP contribution is 2.34. The molecular weight excluding hydrogens is 330 g/mol. The maximum Gasteiger partial charge on any atom is 0.308 e. The number of thioether (sulfide) groups is 1. The van der Waals surface area contributed by atoms with Gasteiger partial charge in [0.15, 0.2) is 11.5 Å². The largest absolute Gasteiger partial charge is 0.486 e. The molecule has 0 radical (unpaired) electrons. The lowest BCUT2D eigenvalue weighted by atomic mass is 9.97. The second-order valence-electron chi connectivity index (χ2n) is 5.77. The van der Waals surface area contributed by atoms with Crippen LogP contribution < -0.4 is 9.47 Å². The molecule has 0 aromatic heterocycles. The van der Waals surface area contributed by atoms with Gasteiger partial charge in [-0.3, -0.25) is 9.59 Å². The Hall–Kier alpha value is -1.89. The van der Waals surface area contributed by atoms with Gasteiger partial charge in [-0.15, -0.1) is 11.8 Å². The molecule has 7 heteroatoms. The van der Waals surface area contributed by atoms with E-state index in [1.54, 1.807) is 0 Å². The predicted molar refractivity (Wildman–Crippen MR) is 89.5 cm³/mol. The maximum atomic E-state index is 12.3. The summed E-state index contributed by atoms with van der Waals surface area (Å²) in [7, 11) is 1.41. The van der Waals surface area contributed by atoms with E-state index >= 15 is 0 Å². The molecule has 1 amide bonds. The number of methoxy groups -OCH3 is 1. The normalized spacial score (nSPS) is 17.5. The monoisotopic (exact) mass is 351 g/mol. The Balaban J connectivity index is 1.48. The molecule has 1 fully saturated rings. The standard InChI is InChI=1S/C17H21NO5S/c1-21-17(20)12-4-6-18(7-5-12)16(19)11-24-13-2-3-14-15(10-13)23-9-8-22-14/h2-3,10,12H,4-9,11H2,1H3. The molecule has 0 aliphatic carbocycles. The summed E-state index contributed by atoms with van der Waals surface area (Å²) >= 11 is 1.49. The summed E-state index contributed by atoms with van der Waals surface area (Å²) in [5, 5.41) is 0. The van der Waals surface area contributed by atoms with Crippen LogP contribution in [0.5, 0.6) is 11.5 Å². The van der Waals surface area contributed by atoms with Crippen molar-refractivity contribution in [2.24, 2.45) is 5.92 Å². The number of piperidine rings is 1. The van der Waals surface area contributed by atoms with Crippen LogP contribution in [0.2, 0.25) is 0 Å². The fourth-order valence-electron chi connectivity index (χ4n) is 2.88. The van der Waals surface area contributed by atoms with Crippen molar-refractivity contribution in [3.8, 4) is 11.5 Å². The number of benzene rings is 1. The van der Waals surface area contributed by atoms with Gasteiger partial charge in [0.25, 0.3) is 0 Å². The summed E-state index contributed by atoms with van der Waals surface area (Å²) in [6.45, 7) is 2.34. The van der Waals surface area contributed by atoms with Gasteiger partial charge in [0, 0.05) is 18.0 Å². The molecule has 130 valence electrons. The topological polar surface area (TPSA) is 65.1 Å². The van der Waals surface area contributed by atoms with Crippen LogP contribution in [-0.4, -0.2) is 55.9 Å². The Morgan fingerprint density at radius 2 is 1.92 bits per heavy atom. The number of carbonyl (C=O) groups excluding carboxylic acids is 2. The minimum atomic E-state index is -0.173. The van der Waals surface area contributed by atoms with E-state index in [1.807, 2.05) is 23.1 Å². The number of esters is 1. The van der Waals surface area contributed by atoms with Crippen molar-refractivity contribution < 1.29 is 23.8 Å². The average molecular weight is 351 g/mol. The van der Waals surface area contributed by atoms with Crippen LogP contribution in [-0.2, 0) is 14.3 Å². The van der Waals surface area contributed by atoms with Crippen molar-refractivity contribution >= 4 is 23.6 Å². The molecule has 1 saturated heterocycles. The van der Waals surface area contributed by atoms with Crippen LogP contribution in [0, 0.1) is 5.92 Å². The molecule has 0 spiro atoms. The molecule has 1 aromatic rings. The van der Waals surface area contributed by atoms with Gasteiger partial charge in [-0.05, 0) is 31.0 Å². The fraction of sp³-hybridized carbons (Fsp3) is 0.529. The SMILES string of the molecule is COC(=O)C1CCN(C(=O)CSc2ccc3c(c2)OCCO3)CC1. The number of fused-ring (bicyclic) bond motifs is 1. The lowest BCUT2D eigenvalue weighted by Crippen LogP contribution is -2.41. The van der Waals surface area contributed by atoms with E-state index in [4.69, 9.17) is 14.2 Å². The third-order valence-electron chi connectivity index (χ3n) is 4.26. The van der Waals surface area contributed by atoms with Crippen molar-refractivity contribution in [1.82, 2.24) is 4.90 Å². The van der Waals surface area contributed by atoms with Crippen molar-refractivity contribution in [2.75, 3.05) is 39.2 Å². The summed E-state index contributed by atoms with van der Waals surface area (Å²) in [5.41, 5.74) is 0. The van der Waals surface area contributed by atoms with Crippen LogP contribution in [0.15, 0.2) is 23.1 Å². The van der Waals surface area contributed by atoms with E-state index in [0.717, 1.165) is 16.4 Å². The first-order chi connectivity index (χ1) is 11.7. The van der Waals surface area contributed by atoms with Gasteiger partial charge in [0.05, 0.1) is 18.8 Å². The van der Waals surface area contributed by atoms with Crippen LogP contribution in [0.1, 0.15) is 12.8 Å². The first-order valence-electron chi connectivity index (χ1n) is 8.05. The number of amides is 1. The Labute approximate surface area is 145 Å². The number of nitrogens with zero attached hydrogens (tertiary/aromatic N) is 1. The molecule has 0 saturated carbocycles. The van der Waals surface area contributed by atoms with Gasteiger partial charge in [-0.1, -0.05) is 0 Å². The molecule has 0 unspecified atom stereocenters. The highest BCUT2D eigenvalue weighted by atomic mass is 32.2. The molecule has 0 N–H and O–H groups in total. The molecule has 0 bridgehead atoms. The third-order valence-corrected chi connectivity index (χ3v) is 5.24. The first kappa shape index (κ1) is 17.0. The maximum absolute atomic E-state index is 12.3. The van der Waals surface area contributed by atoms with Crippen molar-refractivity contribution in [2.45, 2.75) is 17.7 Å². The lowest BCUT2D eigenvalue weighted by Gasteiger charge is -2.30. The van der Waals surface area contributed by atoms with Gasteiger partial charge in [-0.2, -0.15) is 0 Å². The molecule has 3 rings (SSSR count). The summed E-state index contributed by atoms with van der Waals surface area (Å²) < 4.78 is 15.8. The Kier molecular flexibility index (Phi) is 5.50. The molecule has 2 aliphatic heterocycles. The summed E-state index contributed by atoms with van der Waals surface area (Å²) in [5.74, 6) is 1.71. The number of rotatable bonds is 4. The Morgan fingerprint density at radius 3 is 2.62 bits per heavy atom. The smallest absolute Gasteiger partial charge is 0.308 e. The Morgan fingerprint density at radius 1 is 1.21 bits per heavy atom. The first-order valence-corrected chi connectivity index (χ1v) is 9.04. The zero-order chi connectivity index (χ0) is 16.9. The Bertz CT molecular complexity index is 613. The van der Waals surface area contributed by atoms with Gasteiger partial charge >= 0.3 is 5.97 Å². The molecule has 2 aliphatic rings. The third kappa shape index (κ3) is 3.95.